The molecule has 1 atom stereocenters. The smallest absolute Gasteiger partial charge is 0.326 e. The second kappa shape index (κ2) is 14.6. The van der Waals surface area contributed by atoms with E-state index in [9.17, 15) is 23.5 Å². The van der Waals surface area contributed by atoms with Crippen LogP contribution in [0.15, 0.2) is 60.7 Å². The number of rotatable bonds is 12. The molecule has 218 valence electrons. The minimum absolute atomic E-state index is 0.160. The number of nitrogens with zero attached hydrogens (tertiary/aromatic N) is 1. The molecule has 4 rings (SSSR count). The Bertz CT molecular complexity index is 1340. The maximum Gasteiger partial charge on any atom is 0.326 e. The molecule has 1 fully saturated rings. The normalized spacial score (nSPS) is 14.7. The summed E-state index contributed by atoms with van der Waals surface area (Å²) >= 11 is 1.52. The van der Waals surface area contributed by atoms with E-state index in [0.717, 1.165) is 35.6 Å². The molecular formula is C32H36F2N2O4S. The fraction of sp³-hybridized carbons (Fsp3) is 0.375. The van der Waals surface area contributed by atoms with Gasteiger partial charge in [-0.05, 0) is 90.3 Å². The van der Waals surface area contributed by atoms with E-state index in [1.54, 1.807) is 6.07 Å². The lowest BCUT2D eigenvalue weighted by Gasteiger charge is -2.34. The third kappa shape index (κ3) is 8.38. The number of aryl methyl sites for hydroxylation is 1. The second-order valence-corrected chi connectivity index (χ2v) is 11.4. The molecule has 0 aromatic heterocycles. The highest BCUT2D eigenvalue weighted by Crippen LogP contribution is 2.30. The summed E-state index contributed by atoms with van der Waals surface area (Å²) in [6.07, 6.45) is 3.82. The Morgan fingerprint density at radius 3 is 2.34 bits per heavy atom. The zero-order valence-electron chi connectivity index (χ0n) is 23.4. The Morgan fingerprint density at radius 2 is 1.68 bits per heavy atom. The van der Waals surface area contributed by atoms with E-state index in [2.05, 4.69) is 10.2 Å². The van der Waals surface area contributed by atoms with Crippen LogP contribution in [0.5, 0.6) is 0 Å². The number of benzene rings is 3. The first-order chi connectivity index (χ1) is 19.7. The van der Waals surface area contributed by atoms with Gasteiger partial charge in [0.1, 0.15) is 17.7 Å². The van der Waals surface area contributed by atoms with E-state index in [0.29, 0.717) is 55.2 Å². The molecule has 1 amide bonds. The van der Waals surface area contributed by atoms with Crippen molar-refractivity contribution in [3.63, 3.8) is 0 Å². The van der Waals surface area contributed by atoms with Crippen LogP contribution < -0.4 is 5.32 Å². The highest BCUT2D eigenvalue weighted by Gasteiger charge is 2.25. The molecule has 1 aliphatic rings. The Hall–Kier alpha value is -3.27. The monoisotopic (exact) mass is 582 g/mol. The first-order valence-electron chi connectivity index (χ1n) is 13.7. The Balaban J connectivity index is 1.68. The van der Waals surface area contributed by atoms with Gasteiger partial charge in [-0.3, -0.25) is 9.69 Å². The SMILES string of the molecule is CSCC[C@H](NC(=O)c1ccc(CN(Cc2cc(F)cc(F)c2)C2CCOCC2)cc1-c1ccccc1C)C(=O)O. The molecule has 0 bridgehead atoms. The predicted molar refractivity (Wildman–Crippen MR) is 158 cm³/mol. The van der Waals surface area contributed by atoms with Crippen molar-refractivity contribution in [2.45, 2.75) is 51.4 Å². The highest BCUT2D eigenvalue weighted by molar-refractivity contribution is 7.98. The number of carbonyl (C=O) groups excluding carboxylic acids is 1. The van der Waals surface area contributed by atoms with Gasteiger partial charge < -0.3 is 15.2 Å². The van der Waals surface area contributed by atoms with Gasteiger partial charge in [-0.25, -0.2) is 13.6 Å². The first kappa shape index (κ1) is 30.7. The van der Waals surface area contributed by atoms with Crippen LogP contribution in [0.4, 0.5) is 8.78 Å². The number of hydrogen-bond acceptors (Lipinski definition) is 5. The van der Waals surface area contributed by atoms with E-state index in [-0.39, 0.29) is 6.04 Å². The Morgan fingerprint density at radius 1 is 1.00 bits per heavy atom. The number of hydrogen-bond donors (Lipinski definition) is 2. The molecule has 1 heterocycles. The van der Waals surface area contributed by atoms with Gasteiger partial charge in [0.15, 0.2) is 0 Å². The number of amides is 1. The Kier molecular flexibility index (Phi) is 10.9. The topological polar surface area (TPSA) is 78.9 Å². The summed E-state index contributed by atoms with van der Waals surface area (Å²) in [7, 11) is 0. The predicted octanol–water partition coefficient (Wildman–Crippen LogP) is 6.06. The van der Waals surface area contributed by atoms with Crippen molar-refractivity contribution in [1.82, 2.24) is 10.2 Å². The number of aliphatic carboxylic acids is 1. The summed E-state index contributed by atoms with van der Waals surface area (Å²) in [5.41, 5.74) is 4.43. The number of nitrogens with one attached hydrogen (secondary N) is 1. The zero-order chi connectivity index (χ0) is 29.4. The lowest BCUT2D eigenvalue weighted by molar-refractivity contribution is -0.139. The molecule has 3 aromatic carbocycles. The molecule has 0 radical (unpaired) electrons. The van der Waals surface area contributed by atoms with Gasteiger partial charge in [0.25, 0.3) is 5.91 Å². The zero-order valence-corrected chi connectivity index (χ0v) is 24.2. The van der Waals surface area contributed by atoms with Crippen molar-refractivity contribution in [1.29, 1.82) is 0 Å². The lowest BCUT2D eigenvalue weighted by atomic mass is 9.93. The number of thioether (sulfide) groups is 1. The molecule has 0 aliphatic carbocycles. The van der Waals surface area contributed by atoms with Crippen LogP contribution in [-0.4, -0.2) is 59.2 Å². The van der Waals surface area contributed by atoms with Crippen molar-refractivity contribution < 1.29 is 28.2 Å². The van der Waals surface area contributed by atoms with Crippen LogP contribution in [0, 0.1) is 18.6 Å². The van der Waals surface area contributed by atoms with Crippen molar-refractivity contribution in [2.24, 2.45) is 0 Å². The number of carboxylic acids is 1. The fourth-order valence-corrected chi connectivity index (χ4v) is 5.72. The van der Waals surface area contributed by atoms with Crippen LogP contribution in [-0.2, 0) is 22.6 Å². The number of halogens is 2. The molecule has 2 N–H and O–H groups in total. The minimum Gasteiger partial charge on any atom is -0.480 e. The summed E-state index contributed by atoms with van der Waals surface area (Å²) in [4.78, 5) is 27.5. The number of carboxylic acid groups (broad SMARTS) is 1. The van der Waals surface area contributed by atoms with Gasteiger partial charge in [-0.1, -0.05) is 30.3 Å². The van der Waals surface area contributed by atoms with Gasteiger partial charge in [-0.15, -0.1) is 0 Å². The van der Waals surface area contributed by atoms with E-state index >= 15 is 0 Å². The van der Waals surface area contributed by atoms with E-state index in [1.807, 2.05) is 49.6 Å². The maximum atomic E-state index is 14.0. The minimum atomic E-state index is -1.07. The molecule has 6 nitrogen and oxygen atoms in total. The van der Waals surface area contributed by atoms with E-state index in [1.165, 1.54) is 23.9 Å². The molecule has 1 saturated heterocycles. The lowest BCUT2D eigenvalue weighted by Crippen LogP contribution is -2.41. The van der Waals surface area contributed by atoms with Crippen molar-refractivity contribution in [3.8, 4) is 11.1 Å². The standard InChI is InChI=1S/C32H36F2N2O4S/c1-21-5-3-4-6-27(21)29-17-22(7-8-28(29)31(37)35-30(32(38)39)11-14-41-2)19-36(26-9-12-40-13-10-26)20-23-15-24(33)18-25(34)16-23/h3-8,15-18,26,30H,9-14,19-20H2,1-2H3,(H,35,37)(H,38,39)/t30-/m0/s1. The third-order valence-corrected chi connectivity index (χ3v) is 8.02. The summed E-state index contributed by atoms with van der Waals surface area (Å²) in [6, 6.07) is 16.1. The van der Waals surface area contributed by atoms with Crippen molar-refractivity contribution in [2.75, 3.05) is 25.2 Å². The summed E-state index contributed by atoms with van der Waals surface area (Å²) in [5.74, 6) is -2.12. The summed E-state index contributed by atoms with van der Waals surface area (Å²) < 4.78 is 33.6. The molecule has 41 heavy (non-hydrogen) atoms. The van der Waals surface area contributed by atoms with Gasteiger partial charge in [-0.2, -0.15) is 11.8 Å². The van der Waals surface area contributed by atoms with Gasteiger partial charge in [0, 0.05) is 44.0 Å². The van der Waals surface area contributed by atoms with E-state index in [4.69, 9.17) is 4.74 Å². The molecule has 1 aliphatic heterocycles. The number of carbonyl (C=O) groups is 2. The largest absolute Gasteiger partial charge is 0.480 e. The molecule has 0 unspecified atom stereocenters. The fourth-order valence-electron chi connectivity index (χ4n) is 5.25. The molecule has 0 spiro atoms. The van der Waals surface area contributed by atoms with Crippen molar-refractivity contribution in [3.05, 3.63) is 94.6 Å². The van der Waals surface area contributed by atoms with Crippen LogP contribution >= 0.6 is 11.8 Å². The maximum absolute atomic E-state index is 14.0. The Labute approximate surface area is 244 Å². The molecule has 9 heteroatoms. The van der Waals surface area contributed by atoms with Gasteiger partial charge >= 0.3 is 5.97 Å². The van der Waals surface area contributed by atoms with Crippen LogP contribution in [0.3, 0.4) is 0 Å². The van der Waals surface area contributed by atoms with Crippen LogP contribution in [0.1, 0.15) is 46.3 Å². The number of ether oxygens (including phenoxy) is 1. The molecule has 0 saturated carbocycles. The van der Waals surface area contributed by atoms with Crippen molar-refractivity contribution >= 4 is 23.6 Å². The average molecular weight is 583 g/mol. The average Bonchev–Trinajstić information content (AvgIpc) is 2.95. The first-order valence-corrected chi connectivity index (χ1v) is 15.1. The van der Waals surface area contributed by atoms with Crippen LogP contribution in [0.25, 0.3) is 11.1 Å². The quantitative estimate of drug-likeness (QED) is 0.271. The highest BCUT2D eigenvalue weighted by atomic mass is 32.2. The van der Waals surface area contributed by atoms with Gasteiger partial charge in [0.05, 0.1) is 0 Å². The van der Waals surface area contributed by atoms with Crippen LogP contribution in [0.2, 0.25) is 0 Å². The summed E-state index contributed by atoms with van der Waals surface area (Å²) in [5, 5.41) is 12.4. The summed E-state index contributed by atoms with van der Waals surface area (Å²) in [6.45, 7) is 4.06. The second-order valence-electron chi connectivity index (χ2n) is 10.4. The van der Waals surface area contributed by atoms with E-state index < -0.39 is 29.6 Å². The van der Waals surface area contributed by atoms with Gasteiger partial charge in [0.2, 0.25) is 0 Å². The third-order valence-electron chi connectivity index (χ3n) is 7.38. The molecular weight excluding hydrogens is 546 g/mol. The molecule has 3 aromatic rings.